The zero-order valence-corrected chi connectivity index (χ0v) is 29.4. The van der Waals surface area contributed by atoms with Gasteiger partial charge in [0, 0.05) is 29.1 Å². The molecule has 8 aromatic carbocycles. The second-order valence-corrected chi connectivity index (χ2v) is 13.6. The Hall–Kier alpha value is -7.23. The highest BCUT2D eigenvalue weighted by molar-refractivity contribution is 6.21. The lowest BCUT2D eigenvalue weighted by Gasteiger charge is -2.18. The van der Waals surface area contributed by atoms with Crippen LogP contribution < -0.4 is 0 Å². The van der Waals surface area contributed by atoms with E-state index in [9.17, 15) is 0 Å². The van der Waals surface area contributed by atoms with Crippen molar-refractivity contribution in [3.8, 4) is 67.3 Å². The Bertz CT molecular complexity index is 2930. The Balaban J connectivity index is 1.18. The maximum Gasteiger partial charge on any atom is 0.160 e. The van der Waals surface area contributed by atoms with Crippen molar-refractivity contribution >= 4 is 32.3 Å². The van der Waals surface area contributed by atoms with Crippen LogP contribution in [-0.2, 0) is 0 Å². The molecular formula is C51H33N3. The molecule has 0 amide bonds. The summed E-state index contributed by atoms with van der Waals surface area (Å²) in [5.41, 5.74) is 11.8. The standard InChI is InChI=1S/C51H33N3/c1-2-14-36(15-3-1)47-33-48(42-20-7-6-19-41(42)35-27-29-52-30-28-35)54-51(53-47)40-18-12-17-38(32-40)49-43-21-8-10-23-45(43)50(46-24-11-9-22-44(46)49)39-26-25-34-13-4-5-16-37(34)31-39/h1-33H. The molecule has 0 saturated carbocycles. The van der Waals surface area contributed by atoms with Crippen LogP contribution in [0, 0.1) is 0 Å². The third kappa shape index (κ3) is 5.60. The first-order chi connectivity index (χ1) is 26.8. The number of pyridine rings is 1. The van der Waals surface area contributed by atoms with Gasteiger partial charge in [-0.25, -0.2) is 9.97 Å². The number of hydrogen-bond acceptors (Lipinski definition) is 3. The number of benzene rings is 8. The largest absolute Gasteiger partial charge is 0.265 e. The number of aromatic nitrogens is 3. The summed E-state index contributed by atoms with van der Waals surface area (Å²) in [6, 6.07) is 66.8. The smallest absolute Gasteiger partial charge is 0.160 e. The average molecular weight is 688 g/mol. The fraction of sp³-hybridized carbons (Fsp3) is 0. The third-order valence-electron chi connectivity index (χ3n) is 10.4. The summed E-state index contributed by atoms with van der Waals surface area (Å²) in [6.07, 6.45) is 3.67. The van der Waals surface area contributed by atoms with Crippen LogP contribution in [0.15, 0.2) is 200 Å². The molecule has 0 N–H and O–H groups in total. The van der Waals surface area contributed by atoms with E-state index in [0.717, 1.165) is 44.8 Å². The summed E-state index contributed by atoms with van der Waals surface area (Å²) < 4.78 is 0. The Morgan fingerprint density at radius 2 is 0.833 bits per heavy atom. The number of fused-ring (bicyclic) bond motifs is 3. The van der Waals surface area contributed by atoms with Crippen LogP contribution in [0.1, 0.15) is 0 Å². The molecule has 0 aliphatic carbocycles. The van der Waals surface area contributed by atoms with Crippen LogP contribution in [0.5, 0.6) is 0 Å². The van der Waals surface area contributed by atoms with Crippen LogP contribution in [0.4, 0.5) is 0 Å². The molecule has 10 aromatic rings. The van der Waals surface area contributed by atoms with Gasteiger partial charge in [-0.1, -0.05) is 158 Å². The van der Waals surface area contributed by atoms with Gasteiger partial charge in [0.1, 0.15) is 0 Å². The summed E-state index contributed by atoms with van der Waals surface area (Å²) in [5, 5.41) is 7.35. The van der Waals surface area contributed by atoms with Crippen LogP contribution in [0.3, 0.4) is 0 Å². The van der Waals surface area contributed by atoms with Crippen molar-refractivity contribution in [3.05, 3.63) is 200 Å². The van der Waals surface area contributed by atoms with Crippen LogP contribution in [0.25, 0.3) is 99.6 Å². The van der Waals surface area contributed by atoms with Crippen LogP contribution in [0.2, 0.25) is 0 Å². The van der Waals surface area contributed by atoms with Crippen molar-refractivity contribution in [1.82, 2.24) is 15.0 Å². The third-order valence-corrected chi connectivity index (χ3v) is 10.4. The predicted molar refractivity (Wildman–Crippen MR) is 225 cm³/mol. The van der Waals surface area contributed by atoms with E-state index in [1.807, 2.05) is 30.6 Å². The fourth-order valence-electron chi connectivity index (χ4n) is 7.87. The molecule has 54 heavy (non-hydrogen) atoms. The van der Waals surface area contributed by atoms with Gasteiger partial charge < -0.3 is 0 Å². The zero-order chi connectivity index (χ0) is 35.8. The molecule has 0 bridgehead atoms. The Morgan fingerprint density at radius 3 is 1.54 bits per heavy atom. The van der Waals surface area contributed by atoms with Crippen LogP contribution in [-0.4, -0.2) is 15.0 Å². The number of nitrogens with zero attached hydrogens (tertiary/aromatic N) is 3. The van der Waals surface area contributed by atoms with Gasteiger partial charge in [0.2, 0.25) is 0 Å². The first-order valence-corrected chi connectivity index (χ1v) is 18.3. The van der Waals surface area contributed by atoms with Gasteiger partial charge in [-0.2, -0.15) is 0 Å². The first kappa shape index (κ1) is 31.5. The van der Waals surface area contributed by atoms with Gasteiger partial charge in [-0.3, -0.25) is 4.98 Å². The maximum absolute atomic E-state index is 5.30. The minimum Gasteiger partial charge on any atom is -0.265 e. The Morgan fingerprint density at radius 1 is 0.296 bits per heavy atom. The highest BCUT2D eigenvalue weighted by Crippen LogP contribution is 2.45. The quantitative estimate of drug-likeness (QED) is 0.163. The molecule has 2 aromatic heterocycles. The van der Waals surface area contributed by atoms with Crippen molar-refractivity contribution in [1.29, 1.82) is 0 Å². The van der Waals surface area contributed by atoms with E-state index in [4.69, 9.17) is 9.97 Å². The first-order valence-electron chi connectivity index (χ1n) is 18.3. The van der Waals surface area contributed by atoms with Crippen molar-refractivity contribution in [2.75, 3.05) is 0 Å². The molecule has 0 saturated heterocycles. The van der Waals surface area contributed by atoms with E-state index < -0.39 is 0 Å². The minimum atomic E-state index is 0.680. The molecule has 10 rings (SSSR count). The summed E-state index contributed by atoms with van der Waals surface area (Å²) in [4.78, 5) is 14.8. The zero-order valence-electron chi connectivity index (χ0n) is 29.4. The Labute approximate surface area is 313 Å². The SMILES string of the molecule is c1ccc(-c2cc(-c3ccccc3-c3ccncc3)nc(-c3cccc(-c4c5ccccc5c(-c5ccc6ccccc6c5)c5ccccc45)c3)n2)cc1. The highest BCUT2D eigenvalue weighted by atomic mass is 14.9. The molecule has 0 fully saturated rings. The summed E-state index contributed by atoms with van der Waals surface area (Å²) in [6.45, 7) is 0. The maximum atomic E-state index is 5.30. The molecule has 3 heteroatoms. The van der Waals surface area contributed by atoms with Gasteiger partial charge in [-0.05, 0) is 96.0 Å². The molecule has 0 spiro atoms. The highest BCUT2D eigenvalue weighted by Gasteiger charge is 2.19. The average Bonchev–Trinajstić information content (AvgIpc) is 3.26. The lowest BCUT2D eigenvalue weighted by atomic mass is 9.85. The molecule has 0 radical (unpaired) electrons. The van der Waals surface area contributed by atoms with E-state index >= 15 is 0 Å². The summed E-state index contributed by atoms with van der Waals surface area (Å²) in [5.74, 6) is 0.680. The molecule has 0 unspecified atom stereocenters. The van der Waals surface area contributed by atoms with E-state index in [1.165, 1.54) is 49.0 Å². The molecule has 0 atom stereocenters. The molecule has 0 aliphatic heterocycles. The van der Waals surface area contributed by atoms with Crippen molar-refractivity contribution in [2.45, 2.75) is 0 Å². The lowest BCUT2D eigenvalue weighted by Crippen LogP contribution is -1.97. The number of hydrogen-bond donors (Lipinski definition) is 0. The summed E-state index contributed by atoms with van der Waals surface area (Å²) >= 11 is 0. The van der Waals surface area contributed by atoms with Gasteiger partial charge in [0.15, 0.2) is 5.82 Å². The topological polar surface area (TPSA) is 38.7 Å². The van der Waals surface area contributed by atoms with Crippen molar-refractivity contribution in [3.63, 3.8) is 0 Å². The normalized spacial score (nSPS) is 11.3. The van der Waals surface area contributed by atoms with E-state index in [2.05, 4.69) is 175 Å². The molecular weight excluding hydrogens is 655 g/mol. The van der Waals surface area contributed by atoms with Gasteiger partial charge in [0.25, 0.3) is 0 Å². The minimum absolute atomic E-state index is 0.680. The molecule has 2 heterocycles. The molecule has 3 nitrogen and oxygen atoms in total. The number of rotatable bonds is 6. The predicted octanol–water partition coefficient (Wildman–Crippen LogP) is 13.3. The van der Waals surface area contributed by atoms with E-state index in [0.29, 0.717) is 5.82 Å². The van der Waals surface area contributed by atoms with E-state index in [-0.39, 0.29) is 0 Å². The van der Waals surface area contributed by atoms with Gasteiger partial charge >= 0.3 is 0 Å². The second-order valence-electron chi connectivity index (χ2n) is 13.6. The molecule has 252 valence electrons. The van der Waals surface area contributed by atoms with Crippen molar-refractivity contribution in [2.24, 2.45) is 0 Å². The van der Waals surface area contributed by atoms with Gasteiger partial charge in [-0.15, -0.1) is 0 Å². The summed E-state index contributed by atoms with van der Waals surface area (Å²) in [7, 11) is 0. The van der Waals surface area contributed by atoms with E-state index in [1.54, 1.807) is 0 Å². The lowest BCUT2D eigenvalue weighted by molar-refractivity contribution is 1.18. The molecule has 0 aliphatic rings. The second kappa shape index (κ2) is 13.4. The van der Waals surface area contributed by atoms with Crippen LogP contribution >= 0.6 is 0 Å². The van der Waals surface area contributed by atoms with Crippen molar-refractivity contribution < 1.29 is 0 Å². The fourth-order valence-corrected chi connectivity index (χ4v) is 7.87. The van der Waals surface area contributed by atoms with Gasteiger partial charge in [0.05, 0.1) is 11.4 Å². The Kier molecular flexibility index (Phi) is 7.81. The monoisotopic (exact) mass is 687 g/mol.